The Morgan fingerprint density at radius 2 is 2.05 bits per heavy atom. The first kappa shape index (κ1) is 15.7. The maximum Gasteiger partial charge on any atom is 0.343 e. The highest BCUT2D eigenvalue weighted by Crippen LogP contribution is 2.26. The summed E-state index contributed by atoms with van der Waals surface area (Å²) in [5.41, 5.74) is 0.585. The van der Waals surface area contributed by atoms with E-state index in [2.05, 4.69) is 4.99 Å². The smallest absolute Gasteiger partial charge is 0.343 e. The molecule has 0 saturated carbocycles. The van der Waals surface area contributed by atoms with Gasteiger partial charge >= 0.3 is 5.97 Å². The van der Waals surface area contributed by atoms with E-state index in [1.165, 1.54) is 21.1 Å². The minimum absolute atomic E-state index is 0.0468. The third-order valence-corrected chi connectivity index (χ3v) is 3.09. The van der Waals surface area contributed by atoms with Gasteiger partial charge in [0.05, 0.1) is 12.3 Å². The third-order valence-electron chi connectivity index (χ3n) is 3.09. The van der Waals surface area contributed by atoms with E-state index in [0.717, 1.165) is 6.42 Å². The second-order valence-electron chi connectivity index (χ2n) is 4.23. The van der Waals surface area contributed by atoms with Gasteiger partial charge in [-0.15, -0.1) is 0 Å². The molecule has 0 spiro atoms. The molecule has 0 aromatic rings. The number of aliphatic hydroxyl groups is 1. The van der Waals surface area contributed by atoms with Crippen LogP contribution in [0.5, 0.6) is 0 Å². The molecule has 0 unspecified atom stereocenters. The van der Waals surface area contributed by atoms with Gasteiger partial charge in [0.2, 0.25) is 5.79 Å². The Morgan fingerprint density at radius 3 is 2.47 bits per heavy atom. The number of aliphatic hydroxyl groups excluding tert-OH is 1. The summed E-state index contributed by atoms with van der Waals surface area (Å²) in [6, 6.07) is 0. The molecule has 1 aliphatic rings. The van der Waals surface area contributed by atoms with Gasteiger partial charge in [0.25, 0.3) is 0 Å². The van der Waals surface area contributed by atoms with Crippen molar-refractivity contribution in [1.82, 2.24) is 0 Å². The van der Waals surface area contributed by atoms with Crippen LogP contribution < -0.4 is 0 Å². The minimum atomic E-state index is -1.40. The van der Waals surface area contributed by atoms with Crippen molar-refractivity contribution in [2.75, 3.05) is 27.4 Å². The topological polar surface area (TPSA) is 77.4 Å². The van der Waals surface area contributed by atoms with Crippen molar-refractivity contribution in [1.29, 1.82) is 0 Å². The first-order valence-electron chi connectivity index (χ1n) is 6.25. The van der Waals surface area contributed by atoms with Gasteiger partial charge in [-0.1, -0.05) is 0 Å². The van der Waals surface area contributed by atoms with Crippen molar-refractivity contribution in [2.45, 2.75) is 32.5 Å². The van der Waals surface area contributed by atoms with E-state index in [1.807, 2.05) is 0 Å². The van der Waals surface area contributed by atoms with Gasteiger partial charge in [-0.3, -0.25) is 4.99 Å². The van der Waals surface area contributed by atoms with Crippen LogP contribution in [0.25, 0.3) is 0 Å². The molecule has 0 aliphatic carbocycles. The second-order valence-corrected chi connectivity index (χ2v) is 4.23. The van der Waals surface area contributed by atoms with Crippen LogP contribution in [0, 0.1) is 0 Å². The van der Waals surface area contributed by atoms with Crippen LogP contribution in [0.3, 0.4) is 0 Å². The Balaban J connectivity index is 3.24. The summed E-state index contributed by atoms with van der Waals surface area (Å²) in [6.45, 7) is 4.09. The summed E-state index contributed by atoms with van der Waals surface area (Å²) in [6.07, 6.45) is 1.48. The fourth-order valence-corrected chi connectivity index (χ4v) is 1.80. The number of carbonyl (C=O) groups excluding carboxylic acids is 1. The maximum atomic E-state index is 12.0. The zero-order valence-corrected chi connectivity index (χ0v) is 11.9. The van der Waals surface area contributed by atoms with Crippen LogP contribution in [0.2, 0.25) is 0 Å². The Hall–Kier alpha value is -1.40. The largest absolute Gasteiger partial charge is 0.506 e. The van der Waals surface area contributed by atoms with Gasteiger partial charge in [0.15, 0.2) is 5.76 Å². The molecule has 0 bridgehead atoms. The molecule has 0 aromatic carbocycles. The predicted molar refractivity (Wildman–Crippen MR) is 70.2 cm³/mol. The molecule has 1 rings (SSSR count). The molecule has 0 amide bonds. The normalized spacial score (nSPS) is 16.9. The van der Waals surface area contributed by atoms with Gasteiger partial charge in [0, 0.05) is 20.8 Å². The summed E-state index contributed by atoms with van der Waals surface area (Å²) in [4.78, 5) is 16.2. The number of hydrogen-bond donors (Lipinski definition) is 1. The standard InChI is InChI=1S/C13H21NO5/c1-5-19-12(16)10(9-7-6-8-14-9)11(15)13(2,17-3)18-4/h15H,5-8H2,1-4H3/b11-10-. The lowest BCUT2D eigenvalue weighted by Crippen LogP contribution is -2.35. The van der Waals surface area contributed by atoms with E-state index in [9.17, 15) is 9.90 Å². The molecule has 0 radical (unpaired) electrons. The molecule has 108 valence electrons. The Kier molecular flexibility index (Phi) is 5.50. The number of ether oxygens (including phenoxy) is 3. The molecule has 1 N–H and O–H groups in total. The molecule has 19 heavy (non-hydrogen) atoms. The van der Waals surface area contributed by atoms with Gasteiger partial charge in [-0.25, -0.2) is 4.79 Å². The molecule has 1 aliphatic heterocycles. The average molecular weight is 271 g/mol. The number of aliphatic imine (C=N–C) groups is 1. The van der Waals surface area contributed by atoms with Gasteiger partial charge in [-0.2, -0.15) is 0 Å². The molecule has 0 saturated heterocycles. The summed E-state index contributed by atoms with van der Waals surface area (Å²) in [7, 11) is 2.78. The van der Waals surface area contributed by atoms with Crippen molar-refractivity contribution in [3.63, 3.8) is 0 Å². The van der Waals surface area contributed by atoms with Gasteiger partial charge in [-0.05, 0) is 26.7 Å². The summed E-state index contributed by atoms with van der Waals surface area (Å²) in [5, 5.41) is 10.3. The van der Waals surface area contributed by atoms with Crippen molar-refractivity contribution >= 4 is 11.7 Å². The van der Waals surface area contributed by atoms with Crippen molar-refractivity contribution in [2.24, 2.45) is 4.99 Å². The van der Waals surface area contributed by atoms with Crippen LogP contribution in [0.4, 0.5) is 0 Å². The van der Waals surface area contributed by atoms with E-state index in [4.69, 9.17) is 14.2 Å². The van der Waals surface area contributed by atoms with E-state index in [1.54, 1.807) is 6.92 Å². The van der Waals surface area contributed by atoms with Crippen molar-refractivity contribution in [3.05, 3.63) is 11.3 Å². The second kappa shape index (κ2) is 6.68. The van der Waals surface area contributed by atoms with Crippen LogP contribution in [-0.2, 0) is 19.0 Å². The fourth-order valence-electron chi connectivity index (χ4n) is 1.80. The monoisotopic (exact) mass is 271 g/mol. The van der Waals surface area contributed by atoms with Gasteiger partial charge in [0.1, 0.15) is 5.57 Å². The Morgan fingerprint density at radius 1 is 1.42 bits per heavy atom. The number of rotatable bonds is 6. The highest BCUT2D eigenvalue weighted by Gasteiger charge is 2.36. The summed E-state index contributed by atoms with van der Waals surface area (Å²) in [5.74, 6) is -2.31. The molecule has 0 atom stereocenters. The molecule has 6 heteroatoms. The lowest BCUT2D eigenvalue weighted by atomic mass is 10.0. The number of methoxy groups -OCH3 is 2. The van der Waals surface area contributed by atoms with Crippen LogP contribution in [-0.4, -0.2) is 49.9 Å². The quantitative estimate of drug-likeness (QED) is 0.344. The molecule has 0 aromatic heterocycles. The first-order valence-corrected chi connectivity index (χ1v) is 6.25. The number of nitrogens with zero attached hydrogens (tertiary/aromatic N) is 1. The van der Waals surface area contributed by atoms with Crippen molar-refractivity contribution in [3.8, 4) is 0 Å². The zero-order chi connectivity index (χ0) is 14.5. The molecule has 6 nitrogen and oxygen atoms in total. The Labute approximate surface area is 113 Å². The number of esters is 1. The summed E-state index contributed by atoms with van der Waals surface area (Å²) < 4.78 is 15.2. The SMILES string of the molecule is CCOC(=O)/C(C1=NCCC1)=C(\O)C(C)(OC)OC. The average Bonchev–Trinajstić information content (AvgIpc) is 2.92. The number of carbonyl (C=O) groups is 1. The van der Waals surface area contributed by atoms with Crippen molar-refractivity contribution < 1.29 is 24.1 Å². The van der Waals surface area contributed by atoms with E-state index in [-0.39, 0.29) is 17.9 Å². The minimum Gasteiger partial charge on any atom is -0.506 e. The summed E-state index contributed by atoms with van der Waals surface area (Å²) >= 11 is 0. The maximum absolute atomic E-state index is 12.0. The van der Waals surface area contributed by atoms with Gasteiger partial charge < -0.3 is 19.3 Å². The molecule has 0 fully saturated rings. The fraction of sp³-hybridized carbons (Fsp3) is 0.692. The lowest BCUT2D eigenvalue weighted by molar-refractivity contribution is -0.185. The highest BCUT2D eigenvalue weighted by molar-refractivity contribution is 6.20. The van der Waals surface area contributed by atoms with Crippen LogP contribution in [0.1, 0.15) is 26.7 Å². The van der Waals surface area contributed by atoms with E-state index in [0.29, 0.717) is 18.7 Å². The predicted octanol–water partition coefficient (Wildman–Crippen LogP) is 1.61. The first-order chi connectivity index (χ1) is 9.00. The van der Waals surface area contributed by atoms with E-state index < -0.39 is 11.8 Å². The van der Waals surface area contributed by atoms with Crippen LogP contribution >= 0.6 is 0 Å². The zero-order valence-electron chi connectivity index (χ0n) is 11.9. The highest BCUT2D eigenvalue weighted by atomic mass is 16.7. The third kappa shape index (κ3) is 3.33. The lowest BCUT2D eigenvalue weighted by Gasteiger charge is -2.27. The molecule has 1 heterocycles. The number of hydrogen-bond acceptors (Lipinski definition) is 6. The molecular formula is C13H21NO5. The molecular weight excluding hydrogens is 250 g/mol. The van der Waals surface area contributed by atoms with E-state index >= 15 is 0 Å². The Bertz CT molecular complexity index is 396. The van der Waals surface area contributed by atoms with Crippen LogP contribution in [0.15, 0.2) is 16.3 Å².